The van der Waals surface area contributed by atoms with Crippen LogP contribution in [0.4, 0.5) is 0 Å². The van der Waals surface area contributed by atoms with Gasteiger partial charge in [-0.05, 0) is 160 Å². The van der Waals surface area contributed by atoms with Crippen molar-refractivity contribution in [3.8, 4) is 28.3 Å². The SMILES string of the molecule is Cc1ccc2c(c1C)C[C@]1(C)OC(c3cc(Oc4cc(-n5c6ccc(C(C)(C)C)cc6c6cccnc65)cc(C(C)(C)C)c4)cc(-c4c(C(C)C)cccc4C(C)(C)C)c3)=N[C@]21C. The average Bonchev–Trinajstić information content (AvgIpc) is 3.76. The first kappa shape index (κ1) is 42.6. The van der Waals surface area contributed by atoms with E-state index >= 15 is 0 Å². The number of hydrogen-bond acceptors (Lipinski definition) is 4. The van der Waals surface area contributed by atoms with Gasteiger partial charge in [0.1, 0.15) is 28.3 Å². The maximum absolute atomic E-state index is 7.21. The summed E-state index contributed by atoms with van der Waals surface area (Å²) in [6.45, 7) is 34.0. The van der Waals surface area contributed by atoms with Crippen LogP contribution in [0.1, 0.15) is 146 Å². The number of nitrogens with zero attached hydrogens (tertiary/aromatic N) is 3. The third kappa shape index (κ3) is 7.07. The quantitative estimate of drug-likeness (QED) is 0.168. The Labute approximate surface area is 375 Å². The Morgan fingerprint density at radius 3 is 2.11 bits per heavy atom. The van der Waals surface area contributed by atoms with Gasteiger partial charge in [0, 0.05) is 35.0 Å². The molecule has 5 heteroatoms. The molecule has 2 aliphatic rings. The first-order chi connectivity index (χ1) is 29.5. The minimum atomic E-state index is -0.528. The van der Waals surface area contributed by atoms with Crippen LogP contribution in [0.2, 0.25) is 0 Å². The third-order valence-corrected chi connectivity index (χ3v) is 14.2. The van der Waals surface area contributed by atoms with E-state index in [-0.39, 0.29) is 16.2 Å². The Balaban J connectivity index is 1.25. The standard InChI is InChI=1S/C58H65N3O2/c1-34(2)44-18-16-20-49(56(11,12)13)51(44)37-26-38(53-60-58(15)48-23-21-35(3)36(4)47(48)33-57(58,14)63-53)28-42(27-37)62-43-30-40(55(8,9)10)29-41(32-43)61-50-24-22-39(54(5,6)7)31-46(50)45-19-17-25-59-52(45)61/h16-32,34H,33H2,1-15H3/t57-,58+/m0/s1. The fourth-order valence-electron chi connectivity index (χ4n) is 10.1. The average molecular weight is 836 g/mol. The lowest BCUT2D eigenvalue weighted by Gasteiger charge is -2.31. The number of aromatic nitrogens is 2. The van der Waals surface area contributed by atoms with Crippen molar-refractivity contribution in [1.29, 1.82) is 0 Å². The van der Waals surface area contributed by atoms with Gasteiger partial charge in [0.25, 0.3) is 0 Å². The highest BCUT2D eigenvalue weighted by molar-refractivity contribution is 6.08. The smallest absolute Gasteiger partial charge is 0.217 e. The predicted octanol–water partition coefficient (Wildman–Crippen LogP) is 15.3. The third-order valence-electron chi connectivity index (χ3n) is 14.2. The molecule has 7 aromatic rings. The van der Waals surface area contributed by atoms with Crippen LogP contribution in [0.15, 0.2) is 108 Å². The van der Waals surface area contributed by atoms with Crippen molar-refractivity contribution in [2.75, 3.05) is 0 Å². The number of hydrogen-bond donors (Lipinski definition) is 0. The summed E-state index contributed by atoms with van der Waals surface area (Å²) in [5.74, 6) is 2.46. The van der Waals surface area contributed by atoms with Crippen molar-refractivity contribution < 1.29 is 9.47 Å². The molecule has 1 aliphatic carbocycles. The van der Waals surface area contributed by atoms with E-state index in [0.29, 0.717) is 11.8 Å². The summed E-state index contributed by atoms with van der Waals surface area (Å²) in [4.78, 5) is 10.5. The molecule has 9 rings (SSSR count). The topological polar surface area (TPSA) is 48.6 Å². The number of fused-ring (bicyclic) bond motifs is 6. The minimum Gasteiger partial charge on any atom is -0.468 e. The summed E-state index contributed by atoms with van der Waals surface area (Å²) in [5, 5.41) is 2.33. The van der Waals surface area contributed by atoms with Gasteiger partial charge in [0.2, 0.25) is 5.90 Å². The molecule has 5 nitrogen and oxygen atoms in total. The van der Waals surface area contributed by atoms with Gasteiger partial charge in [0.15, 0.2) is 0 Å². The maximum atomic E-state index is 7.21. The lowest BCUT2D eigenvalue weighted by molar-refractivity contribution is 0.0475. The number of ether oxygens (including phenoxy) is 2. The molecule has 324 valence electrons. The minimum absolute atomic E-state index is 0.0146. The lowest BCUT2D eigenvalue weighted by atomic mass is 9.78. The highest BCUT2D eigenvalue weighted by Crippen LogP contribution is 2.54. The molecule has 0 bridgehead atoms. The largest absolute Gasteiger partial charge is 0.468 e. The van der Waals surface area contributed by atoms with E-state index in [1.165, 1.54) is 55.5 Å². The van der Waals surface area contributed by atoms with Crippen molar-refractivity contribution in [3.63, 3.8) is 0 Å². The van der Waals surface area contributed by atoms with Crippen LogP contribution in [-0.2, 0) is 32.9 Å². The van der Waals surface area contributed by atoms with Crippen molar-refractivity contribution in [2.45, 2.75) is 144 Å². The summed E-state index contributed by atoms with van der Waals surface area (Å²) < 4.78 is 16.7. The zero-order valence-corrected chi connectivity index (χ0v) is 40.3. The summed E-state index contributed by atoms with van der Waals surface area (Å²) in [5.41, 5.74) is 15.4. The molecule has 5 aromatic carbocycles. The second-order valence-electron chi connectivity index (χ2n) is 22.2. The van der Waals surface area contributed by atoms with Gasteiger partial charge in [0.05, 0.1) is 11.2 Å². The van der Waals surface area contributed by atoms with Crippen LogP contribution in [-0.4, -0.2) is 21.0 Å². The van der Waals surface area contributed by atoms with E-state index in [0.717, 1.165) is 51.3 Å². The zero-order valence-electron chi connectivity index (χ0n) is 40.3. The predicted molar refractivity (Wildman–Crippen MR) is 264 cm³/mol. The van der Waals surface area contributed by atoms with Crippen molar-refractivity contribution in [3.05, 3.63) is 153 Å². The van der Waals surface area contributed by atoms with E-state index < -0.39 is 11.1 Å². The lowest BCUT2D eigenvalue weighted by Crippen LogP contribution is -2.41. The Hall–Kier alpha value is -5.68. The summed E-state index contributed by atoms with van der Waals surface area (Å²) >= 11 is 0. The molecule has 0 radical (unpaired) electrons. The van der Waals surface area contributed by atoms with Crippen molar-refractivity contribution in [2.24, 2.45) is 4.99 Å². The van der Waals surface area contributed by atoms with Gasteiger partial charge < -0.3 is 9.47 Å². The number of rotatable bonds is 6. The maximum Gasteiger partial charge on any atom is 0.217 e. The molecule has 0 saturated heterocycles. The Bertz CT molecular complexity index is 3020. The van der Waals surface area contributed by atoms with Crippen molar-refractivity contribution in [1.82, 2.24) is 9.55 Å². The van der Waals surface area contributed by atoms with Crippen LogP contribution in [0.25, 0.3) is 38.8 Å². The van der Waals surface area contributed by atoms with Crippen LogP contribution in [0.5, 0.6) is 11.5 Å². The molecule has 0 fully saturated rings. The molecule has 3 heterocycles. The number of benzene rings is 5. The van der Waals surface area contributed by atoms with Gasteiger partial charge >= 0.3 is 0 Å². The second-order valence-corrected chi connectivity index (χ2v) is 22.2. The van der Waals surface area contributed by atoms with E-state index in [1.54, 1.807) is 0 Å². The highest BCUT2D eigenvalue weighted by Gasteiger charge is 2.59. The first-order valence-electron chi connectivity index (χ1n) is 22.9. The molecule has 0 N–H and O–H groups in total. The number of aryl methyl sites for hydroxylation is 1. The van der Waals surface area contributed by atoms with E-state index in [1.807, 2.05) is 12.3 Å². The fourth-order valence-corrected chi connectivity index (χ4v) is 10.1. The van der Waals surface area contributed by atoms with Gasteiger partial charge in [-0.25, -0.2) is 9.98 Å². The second kappa shape index (κ2) is 14.4. The van der Waals surface area contributed by atoms with Crippen LogP contribution >= 0.6 is 0 Å². The molecule has 2 aromatic heterocycles. The number of pyridine rings is 1. The fraction of sp³-hybridized carbons (Fsp3) is 0.379. The van der Waals surface area contributed by atoms with Gasteiger partial charge in [-0.3, -0.25) is 4.57 Å². The Morgan fingerprint density at radius 2 is 1.41 bits per heavy atom. The molecule has 0 amide bonds. The molecule has 1 aliphatic heterocycles. The molecule has 0 saturated carbocycles. The zero-order chi connectivity index (χ0) is 45.2. The molecular formula is C58H65N3O2. The molecular weight excluding hydrogens is 771 g/mol. The van der Waals surface area contributed by atoms with E-state index in [4.69, 9.17) is 19.5 Å². The normalized spacial score (nSPS) is 18.8. The molecule has 2 atom stereocenters. The van der Waals surface area contributed by atoms with Crippen LogP contribution in [0, 0.1) is 13.8 Å². The van der Waals surface area contributed by atoms with Gasteiger partial charge in [-0.15, -0.1) is 0 Å². The molecule has 0 unspecified atom stereocenters. The summed E-state index contributed by atoms with van der Waals surface area (Å²) in [6.07, 6.45) is 2.70. The highest BCUT2D eigenvalue weighted by atomic mass is 16.5. The van der Waals surface area contributed by atoms with Gasteiger partial charge in [-0.1, -0.05) is 113 Å². The first-order valence-corrected chi connectivity index (χ1v) is 22.9. The monoisotopic (exact) mass is 836 g/mol. The Morgan fingerprint density at radius 1 is 0.698 bits per heavy atom. The Kier molecular flexibility index (Phi) is 9.75. The van der Waals surface area contributed by atoms with Crippen LogP contribution in [0.3, 0.4) is 0 Å². The number of aliphatic imine (C=N–C) groups is 1. The molecule has 0 spiro atoms. The van der Waals surface area contributed by atoms with E-state index in [2.05, 4.69) is 199 Å². The van der Waals surface area contributed by atoms with E-state index in [9.17, 15) is 0 Å². The van der Waals surface area contributed by atoms with Crippen molar-refractivity contribution >= 4 is 27.8 Å². The van der Waals surface area contributed by atoms with Gasteiger partial charge in [-0.2, -0.15) is 0 Å². The summed E-state index contributed by atoms with van der Waals surface area (Å²) in [7, 11) is 0. The summed E-state index contributed by atoms with van der Waals surface area (Å²) in [6, 6.07) is 35.7. The van der Waals surface area contributed by atoms with Crippen LogP contribution < -0.4 is 4.74 Å². The molecule has 63 heavy (non-hydrogen) atoms.